The van der Waals surface area contributed by atoms with Gasteiger partial charge in [-0.1, -0.05) is 12.1 Å². The summed E-state index contributed by atoms with van der Waals surface area (Å²) in [5.41, 5.74) is 1.91. The van der Waals surface area contributed by atoms with Gasteiger partial charge in [-0.3, -0.25) is 0 Å². The number of hydrogen-bond acceptors (Lipinski definition) is 6. The van der Waals surface area contributed by atoms with Crippen LogP contribution in [-0.4, -0.2) is 29.1 Å². The van der Waals surface area contributed by atoms with Crippen LogP contribution in [0.2, 0.25) is 0 Å². The van der Waals surface area contributed by atoms with Gasteiger partial charge in [-0.2, -0.15) is 4.31 Å². The first-order valence-corrected chi connectivity index (χ1v) is 9.84. The molecule has 6 nitrogen and oxygen atoms in total. The molecule has 0 saturated heterocycles. The molecule has 1 aromatic carbocycles. The zero-order valence-corrected chi connectivity index (χ0v) is 13.9. The second-order valence-corrected chi connectivity index (χ2v) is 8.65. The van der Waals surface area contributed by atoms with E-state index < -0.39 is 10.0 Å². The Hall–Kier alpha value is -1.77. The topological polar surface area (TPSA) is 76.3 Å². The van der Waals surface area contributed by atoms with Crippen molar-refractivity contribution in [2.75, 3.05) is 0 Å². The number of fused-ring (bicyclic) bond motifs is 1. The maximum Gasteiger partial charge on any atom is 0.218 e. The second kappa shape index (κ2) is 5.70. The van der Waals surface area contributed by atoms with E-state index in [1.165, 1.54) is 0 Å². The third-order valence-corrected chi connectivity index (χ3v) is 6.57. The minimum Gasteiger partial charge on any atom is -0.243 e. The van der Waals surface area contributed by atoms with Crippen molar-refractivity contribution in [1.29, 1.82) is 0 Å². The molecule has 4 rings (SSSR count). The second-order valence-electron chi connectivity index (χ2n) is 5.70. The Morgan fingerprint density at radius 1 is 1.22 bits per heavy atom. The fourth-order valence-electron chi connectivity index (χ4n) is 2.58. The molecule has 1 fully saturated rings. The Kier molecular flexibility index (Phi) is 3.67. The van der Waals surface area contributed by atoms with Crippen LogP contribution in [0.1, 0.15) is 23.3 Å². The van der Waals surface area contributed by atoms with Gasteiger partial charge in [-0.15, -0.1) is 11.3 Å². The summed E-state index contributed by atoms with van der Waals surface area (Å²) in [6, 6.07) is 9.28. The smallest absolute Gasteiger partial charge is 0.218 e. The Balaban J connectivity index is 1.59. The molecule has 0 unspecified atom stereocenters. The molecule has 2 heterocycles. The van der Waals surface area contributed by atoms with E-state index in [-0.39, 0.29) is 11.8 Å². The third kappa shape index (κ3) is 3.15. The van der Waals surface area contributed by atoms with Crippen LogP contribution in [0.5, 0.6) is 0 Å². The lowest BCUT2D eigenvalue weighted by Gasteiger charge is -2.21. The molecule has 1 saturated carbocycles. The summed E-state index contributed by atoms with van der Waals surface area (Å²) in [5, 5.41) is 9.48. The Morgan fingerprint density at radius 3 is 2.78 bits per heavy atom. The van der Waals surface area contributed by atoms with Crippen LogP contribution in [0.4, 0.5) is 0 Å². The number of nitrogens with zero attached hydrogens (tertiary/aromatic N) is 3. The fourth-order valence-corrected chi connectivity index (χ4v) is 5.14. The summed E-state index contributed by atoms with van der Waals surface area (Å²) in [5.74, 6) is -0.0301. The van der Waals surface area contributed by atoms with Gasteiger partial charge in [-0.05, 0) is 52.3 Å². The largest absolute Gasteiger partial charge is 0.243 e. The molecule has 120 valence electrons. The van der Waals surface area contributed by atoms with E-state index in [0.717, 1.165) is 17.7 Å². The van der Waals surface area contributed by atoms with Gasteiger partial charge >= 0.3 is 0 Å². The maximum atomic E-state index is 12.9. The molecule has 1 aliphatic rings. The molecule has 8 heteroatoms. The van der Waals surface area contributed by atoms with Crippen molar-refractivity contribution in [3.8, 4) is 0 Å². The summed E-state index contributed by atoms with van der Waals surface area (Å²) in [6.07, 6.45) is 1.88. The van der Waals surface area contributed by atoms with Gasteiger partial charge in [0.2, 0.25) is 10.0 Å². The molecule has 0 amide bonds. The lowest BCUT2D eigenvalue weighted by Crippen LogP contribution is -2.33. The molecule has 0 N–H and O–H groups in total. The molecular weight excluding hydrogens is 334 g/mol. The molecule has 0 spiro atoms. The SMILES string of the molecule is O=S(=O)(Cc1ccc2nonc2c1)N(Cc1cccs1)C1CC1. The number of sulfonamides is 1. The standard InChI is InChI=1S/C15H15N3O3S2/c19-23(20,10-11-3-6-14-15(8-11)17-21-16-14)18(12-4-5-12)9-13-2-1-7-22-13/h1-3,6-8,12H,4-5,9-10H2. The van der Waals surface area contributed by atoms with Crippen molar-refractivity contribution in [2.24, 2.45) is 0 Å². The van der Waals surface area contributed by atoms with Crippen LogP contribution in [0.3, 0.4) is 0 Å². The quantitative estimate of drug-likeness (QED) is 0.684. The lowest BCUT2D eigenvalue weighted by atomic mass is 10.2. The highest BCUT2D eigenvalue weighted by Crippen LogP contribution is 2.33. The van der Waals surface area contributed by atoms with Gasteiger partial charge in [0.1, 0.15) is 11.0 Å². The van der Waals surface area contributed by atoms with Gasteiger partial charge in [0.05, 0.1) is 5.75 Å². The molecule has 2 aromatic heterocycles. The summed E-state index contributed by atoms with van der Waals surface area (Å²) in [6.45, 7) is 0.457. The molecule has 0 radical (unpaired) electrons. The average molecular weight is 349 g/mol. The number of hydrogen-bond donors (Lipinski definition) is 0. The summed E-state index contributed by atoms with van der Waals surface area (Å²) < 4.78 is 32.0. The van der Waals surface area contributed by atoms with Crippen LogP contribution >= 0.6 is 11.3 Å². The highest BCUT2D eigenvalue weighted by Gasteiger charge is 2.37. The molecule has 0 atom stereocenters. The molecule has 0 bridgehead atoms. The Bertz CT molecular complexity index is 915. The predicted molar refractivity (Wildman–Crippen MR) is 87.3 cm³/mol. The summed E-state index contributed by atoms with van der Waals surface area (Å²) >= 11 is 1.59. The lowest BCUT2D eigenvalue weighted by molar-refractivity contribution is 0.315. The number of thiophene rings is 1. The van der Waals surface area contributed by atoms with Gasteiger partial charge in [-0.25, -0.2) is 13.0 Å². The van der Waals surface area contributed by atoms with E-state index in [2.05, 4.69) is 14.9 Å². The molecule has 0 aliphatic heterocycles. The number of rotatable bonds is 6. The van der Waals surface area contributed by atoms with Crippen LogP contribution in [0.25, 0.3) is 11.0 Å². The predicted octanol–water partition coefficient (Wildman–Crippen LogP) is 2.78. The zero-order chi connectivity index (χ0) is 15.9. The van der Waals surface area contributed by atoms with Crippen LogP contribution in [0, 0.1) is 0 Å². The van der Waals surface area contributed by atoms with E-state index in [1.807, 2.05) is 17.5 Å². The highest BCUT2D eigenvalue weighted by molar-refractivity contribution is 7.88. The van der Waals surface area contributed by atoms with Crippen molar-refractivity contribution in [3.63, 3.8) is 0 Å². The van der Waals surface area contributed by atoms with Crippen molar-refractivity contribution >= 4 is 32.4 Å². The Labute approximate surface area is 137 Å². The van der Waals surface area contributed by atoms with Gasteiger partial charge in [0.25, 0.3) is 0 Å². The van der Waals surface area contributed by atoms with Gasteiger partial charge in [0.15, 0.2) is 0 Å². The van der Waals surface area contributed by atoms with E-state index in [9.17, 15) is 8.42 Å². The first-order chi connectivity index (χ1) is 11.1. The first-order valence-electron chi connectivity index (χ1n) is 7.35. The molecule has 1 aliphatic carbocycles. The van der Waals surface area contributed by atoms with E-state index in [0.29, 0.717) is 23.1 Å². The Morgan fingerprint density at radius 2 is 2.04 bits per heavy atom. The summed E-state index contributed by atoms with van der Waals surface area (Å²) in [7, 11) is -3.38. The molecule has 23 heavy (non-hydrogen) atoms. The molecule has 3 aromatic rings. The zero-order valence-electron chi connectivity index (χ0n) is 12.3. The average Bonchev–Trinajstić information content (AvgIpc) is 3.02. The molecular formula is C15H15N3O3S2. The first kappa shape index (κ1) is 14.8. The maximum absolute atomic E-state index is 12.9. The van der Waals surface area contributed by atoms with Crippen LogP contribution in [-0.2, 0) is 22.3 Å². The summed E-state index contributed by atoms with van der Waals surface area (Å²) in [4.78, 5) is 1.07. The van der Waals surface area contributed by atoms with Crippen LogP contribution in [0.15, 0.2) is 40.3 Å². The van der Waals surface area contributed by atoms with E-state index in [1.54, 1.807) is 33.8 Å². The van der Waals surface area contributed by atoms with Gasteiger partial charge < -0.3 is 0 Å². The number of benzene rings is 1. The van der Waals surface area contributed by atoms with Crippen molar-refractivity contribution in [3.05, 3.63) is 46.2 Å². The third-order valence-electron chi connectivity index (χ3n) is 3.87. The fraction of sp³-hybridized carbons (Fsp3) is 0.333. The monoisotopic (exact) mass is 349 g/mol. The van der Waals surface area contributed by atoms with Crippen molar-refractivity contribution in [1.82, 2.24) is 14.6 Å². The van der Waals surface area contributed by atoms with E-state index in [4.69, 9.17) is 0 Å². The van der Waals surface area contributed by atoms with Crippen LogP contribution < -0.4 is 0 Å². The van der Waals surface area contributed by atoms with Crippen molar-refractivity contribution < 1.29 is 13.0 Å². The number of aromatic nitrogens is 2. The minimum absolute atomic E-state index is 0.0301. The normalized spacial score (nSPS) is 15.5. The van der Waals surface area contributed by atoms with Crippen molar-refractivity contribution in [2.45, 2.75) is 31.2 Å². The van der Waals surface area contributed by atoms with E-state index >= 15 is 0 Å². The van der Waals surface area contributed by atoms with Gasteiger partial charge in [0, 0.05) is 17.5 Å². The highest BCUT2D eigenvalue weighted by atomic mass is 32.2. The minimum atomic E-state index is -3.38.